The summed E-state index contributed by atoms with van der Waals surface area (Å²) >= 11 is 0. The summed E-state index contributed by atoms with van der Waals surface area (Å²) < 4.78 is 7.16. The number of esters is 1. The first-order valence-electron chi connectivity index (χ1n) is 6.69. The van der Waals surface area contributed by atoms with Gasteiger partial charge in [-0.3, -0.25) is 0 Å². The van der Waals surface area contributed by atoms with Crippen LogP contribution in [0.5, 0.6) is 0 Å². The molecule has 1 heterocycles. The smallest absolute Gasteiger partial charge is 0.355 e. The molecular formula is C16H20N2O2. The van der Waals surface area contributed by atoms with Crippen LogP contribution in [0.2, 0.25) is 0 Å². The van der Waals surface area contributed by atoms with E-state index in [1.165, 1.54) is 0 Å². The van der Waals surface area contributed by atoms with Gasteiger partial charge >= 0.3 is 5.97 Å². The Morgan fingerprint density at radius 3 is 2.45 bits per heavy atom. The molecule has 0 aliphatic heterocycles. The van der Waals surface area contributed by atoms with Crippen LogP contribution >= 0.6 is 0 Å². The fourth-order valence-electron chi connectivity index (χ4n) is 2.34. The lowest BCUT2D eigenvalue weighted by atomic mass is 10.1. The van der Waals surface area contributed by atoms with Crippen molar-refractivity contribution in [3.8, 4) is 0 Å². The second kappa shape index (κ2) is 5.82. The Kier molecular flexibility index (Phi) is 4.13. The summed E-state index contributed by atoms with van der Waals surface area (Å²) in [5, 5.41) is 0. The molecule has 0 amide bonds. The highest BCUT2D eigenvalue weighted by molar-refractivity contribution is 5.89. The van der Waals surface area contributed by atoms with E-state index < -0.39 is 0 Å². The quantitative estimate of drug-likeness (QED) is 0.870. The SMILES string of the molecule is CCn1cc(N)cc1C(=O)OCc1cc(C)cc(C)c1. The third kappa shape index (κ3) is 3.20. The Hall–Kier alpha value is -2.23. The van der Waals surface area contributed by atoms with Gasteiger partial charge < -0.3 is 15.0 Å². The van der Waals surface area contributed by atoms with Crippen molar-refractivity contribution in [1.82, 2.24) is 4.57 Å². The van der Waals surface area contributed by atoms with E-state index >= 15 is 0 Å². The molecular weight excluding hydrogens is 252 g/mol. The zero-order valence-corrected chi connectivity index (χ0v) is 12.1. The second-order valence-electron chi connectivity index (χ2n) is 5.02. The lowest BCUT2D eigenvalue weighted by molar-refractivity contribution is 0.0460. The number of ether oxygens (including phenoxy) is 1. The molecule has 0 fully saturated rings. The first-order valence-corrected chi connectivity index (χ1v) is 6.69. The van der Waals surface area contributed by atoms with Gasteiger partial charge in [0.2, 0.25) is 0 Å². The van der Waals surface area contributed by atoms with E-state index in [0.717, 1.165) is 16.7 Å². The summed E-state index contributed by atoms with van der Waals surface area (Å²) in [5.41, 5.74) is 10.1. The Morgan fingerprint density at radius 1 is 1.20 bits per heavy atom. The lowest BCUT2D eigenvalue weighted by Crippen LogP contribution is -2.11. The fourth-order valence-corrected chi connectivity index (χ4v) is 2.34. The van der Waals surface area contributed by atoms with Crippen LogP contribution in [0.4, 0.5) is 5.69 Å². The van der Waals surface area contributed by atoms with E-state index in [1.807, 2.05) is 32.9 Å². The second-order valence-corrected chi connectivity index (χ2v) is 5.02. The average Bonchev–Trinajstić information content (AvgIpc) is 2.76. The van der Waals surface area contributed by atoms with E-state index in [4.69, 9.17) is 10.5 Å². The number of carbonyl (C=O) groups is 1. The van der Waals surface area contributed by atoms with E-state index in [-0.39, 0.29) is 12.6 Å². The first-order chi connectivity index (χ1) is 9.49. The van der Waals surface area contributed by atoms with Crippen molar-refractivity contribution in [2.45, 2.75) is 33.9 Å². The topological polar surface area (TPSA) is 57.2 Å². The minimum Gasteiger partial charge on any atom is -0.456 e. The summed E-state index contributed by atoms with van der Waals surface area (Å²) in [6.07, 6.45) is 1.74. The number of benzene rings is 1. The van der Waals surface area contributed by atoms with Crippen molar-refractivity contribution in [3.63, 3.8) is 0 Å². The standard InChI is InChI=1S/C16H20N2O2/c1-4-18-9-14(17)8-15(18)16(19)20-10-13-6-11(2)5-12(3)7-13/h5-9H,4,10,17H2,1-3H3. The van der Waals surface area contributed by atoms with Crippen LogP contribution < -0.4 is 5.73 Å². The first kappa shape index (κ1) is 14.2. The van der Waals surface area contributed by atoms with Crippen molar-refractivity contribution in [2.24, 2.45) is 0 Å². The number of aryl methyl sites for hydroxylation is 3. The van der Waals surface area contributed by atoms with Crippen molar-refractivity contribution < 1.29 is 9.53 Å². The van der Waals surface area contributed by atoms with E-state index in [2.05, 4.69) is 6.07 Å². The molecule has 20 heavy (non-hydrogen) atoms. The van der Waals surface area contributed by atoms with Crippen LogP contribution in [0.1, 0.15) is 34.1 Å². The van der Waals surface area contributed by atoms with Crippen LogP contribution in [-0.4, -0.2) is 10.5 Å². The van der Waals surface area contributed by atoms with Gasteiger partial charge in [0.1, 0.15) is 12.3 Å². The number of hydrogen-bond donors (Lipinski definition) is 1. The molecule has 2 rings (SSSR count). The molecule has 4 nitrogen and oxygen atoms in total. The van der Waals surface area contributed by atoms with E-state index in [9.17, 15) is 4.79 Å². The van der Waals surface area contributed by atoms with Gasteiger partial charge in [0, 0.05) is 12.7 Å². The minimum absolute atomic E-state index is 0.274. The number of anilines is 1. The number of rotatable bonds is 4. The number of nitrogens with zero attached hydrogens (tertiary/aromatic N) is 1. The van der Waals surface area contributed by atoms with Crippen LogP contribution in [-0.2, 0) is 17.9 Å². The monoisotopic (exact) mass is 272 g/mol. The number of nitrogens with two attached hydrogens (primary N) is 1. The summed E-state index contributed by atoms with van der Waals surface area (Å²) in [6.45, 7) is 6.98. The molecule has 0 aliphatic carbocycles. The molecule has 106 valence electrons. The number of hydrogen-bond acceptors (Lipinski definition) is 3. The maximum atomic E-state index is 12.1. The minimum atomic E-state index is -0.345. The molecule has 0 radical (unpaired) electrons. The number of nitrogen functional groups attached to an aromatic ring is 1. The average molecular weight is 272 g/mol. The Labute approximate surface area is 119 Å². The third-order valence-electron chi connectivity index (χ3n) is 3.12. The summed E-state index contributed by atoms with van der Waals surface area (Å²) in [6, 6.07) is 7.78. The predicted octanol–water partition coefficient (Wildman–Crippen LogP) is 3.06. The fraction of sp³-hybridized carbons (Fsp3) is 0.312. The van der Waals surface area contributed by atoms with Crippen molar-refractivity contribution in [2.75, 3.05) is 5.73 Å². The van der Waals surface area contributed by atoms with E-state index in [0.29, 0.717) is 17.9 Å². The predicted molar refractivity (Wildman–Crippen MR) is 79.6 cm³/mol. The highest BCUT2D eigenvalue weighted by atomic mass is 16.5. The van der Waals surface area contributed by atoms with Gasteiger partial charge in [-0.1, -0.05) is 29.3 Å². The van der Waals surface area contributed by atoms with Crippen LogP contribution in [0.25, 0.3) is 0 Å². The zero-order valence-electron chi connectivity index (χ0n) is 12.1. The van der Waals surface area contributed by atoms with E-state index in [1.54, 1.807) is 16.8 Å². The van der Waals surface area contributed by atoms with Crippen LogP contribution in [0.3, 0.4) is 0 Å². The molecule has 0 spiro atoms. The van der Waals surface area contributed by atoms with Crippen LogP contribution in [0, 0.1) is 13.8 Å². The van der Waals surface area contributed by atoms with Crippen molar-refractivity contribution >= 4 is 11.7 Å². The highest BCUT2D eigenvalue weighted by Crippen LogP contribution is 2.14. The van der Waals surface area contributed by atoms with Crippen molar-refractivity contribution in [1.29, 1.82) is 0 Å². The Morgan fingerprint density at radius 2 is 1.85 bits per heavy atom. The molecule has 2 aromatic rings. The maximum Gasteiger partial charge on any atom is 0.355 e. The molecule has 2 N–H and O–H groups in total. The largest absolute Gasteiger partial charge is 0.456 e. The van der Waals surface area contributed by atoms with Gasteiger partial charge in [0.25, 0.3) is 0 Å². The zero-order chi connectivity index (χ0) is 14.7. The van der Waals surface area contributed by atoms with Gasteiger partial charge in [-0.2, -0.15) is 0 Å². The molecule has 1 aromatic heterocycles. The van der Waals surface area contributed by atoms with Gasteiger partial charge in [0.15, 0.2) is 0 Å². The molecule has 0 unspecified atom stereocenters. The Balaban J connectivity index is 2.08. The summed E-state index contributed by atoms with van der Waals surface area (Å²) in [5.74, 6) is -0.345. The highest BCUT2D eigenvalue weighted by Gasteiger charge is 2.13. The normalized spacial score (nSPS) is 10.6. The molecule has 0 saturated carbocycles. The lowest BCUT2D eigenvalue weighted by Gasteiger charge is -2.08. The third-order valence-corrected chi connectivity index (χ3v) is 3.12. The summed E-state index contributed by atoms with van der Waals surface area (Å²) in [4.78, 5) is 12.1. The van der Waals surface area contributed by atoms with Gasteiger partial charge in [-0.15, -0.1) is 0 Å². The number of aromatic nitrogens is 1. The Bertz CT molecular complexity index is 609. The molecule has 4 heteroatoms. The maximum absolute atomic E-state index is 12.1. The van der Waals surface area contributed by atoms with Crippen molar-refractivity contribution in [3.05, 3.63) is 52.8 Å². The molecule has 0 bridgehead atoms. The van der Waals surface area contributed by atoms with Crippen LogP contribution in [0.15, 0.2) is 30.5 Å². The van der Waals surface area contributed by atoms with Gasteiger partial charge in [0.05, 0.1) is 5.69 Å². The summed E-state index contributed by atoms with van der Waals surface area (Å²) in [7, 11) is 0. The molecule has 0 atom stereocenters. The molecule has 0 aliphatic rings. The molecule has 1 aromatic carbocycles. The van der Waals surface area contributed by atoms with Gasteiger partial charge in [-0.25, -0.2) is 4.79 Å². The van der Waals surface area contributed by atoms with Gasteiger partial charge in [-0.05, 0) is 32.4 Å². The number of carbonyl (C=O) groups excluding carboxylic acids is 1. The molecule has 0 saturated heterocycles.